The van der Waals surface area contributed by atoms with Crippen LogP contribution in [-0.4, -0.2) is 251 Å². The Hall–Kier alpha value is -7.84. The van der Waals surface area contributed by atoms with Gasteiger partial charge in [-0.05, 0) is 113 Å². The molecule has 0 spiro atoms. The molecule has 3 fully saturated rings. The lowest BCUT2D eigenvalue weighted by Gasteiger charge is -2.45. The van der Waals surface area contributed by atoms with Crippen molar-refractivity contribution in [2.24, 2.45) is 17.8 Å². The van der Waals surface area contributed by atoms with Gasteiger partial charge in [-0.3, -0.25) is 57.5 Å². The van der Waals surface area contributed by atoms with Gasteiger partial charge in [0.25, 0.3) is 0 Å². The molecule has 5 rings (SSSR count). The predicted molar refractivity (Wildman–Crippen MR) is 368 cm³/mol. The van der Waals surface area contributed by atoms with Crippen molar-refractivity contribution < 1.29 is 70.7 Å². The van der Waals surface area contributed by atoms with E-state index in [0.29, 0.717) is 36.8 Å². The van der Waals surface area contributed by atoms with E-state index in [1.807, 2.05) is 46.8 Å². The largest absolute Gasteiger partial charge is 0.417 e. The Labute approximate surface area is 586 Å². The Morgan fingerprint density at radius 1 is 0.657 bits per heavy atom. The van der Waals surface area contributed by atoms with E-state index in [1.54, 1.807) is 32.9 Å². The van der Waals surface area contributed by atoms with E-state index in [2.05, 4.69) is 16.0 Å². The fourth-order valence-electron chi connectivity index (χ4n) is 12.9. The number of nitrogens with zero attached hydrogens (tertiary/aromatic N) is 9. The normalized spacial score (nSPS) is 25.3. The molecular weight excluding hydrogens is 1310 g/mol. The summed E-state index contributed by atoms with van der Waals surface area (Å²) in [4.78, 5) is 187. The Bertz CT molecular complexity index is 3230. The lowest BCUT2D eigenvalue weighted by molar-refractivity contribution is -0.160. The number of benzene rings is 2. The average Bonchev–Trinajstić information content (AvgIpc) is 1.11. The number of carbonyl (C=O) groups is 12. The Morgan fingerprint density at radius 2 is 1.28 bits per heavy atom. The van der Waals surface area contributed by atoms with E-state index in [-0.39, 0.29) is 83.5 Å². The molecule has 0 aliphatic carbocycles. The summed E-state index contributed by atoms with van der Waals surface area (Å²) in [5, 5.41) is 7.95. The van der Waals surface area contributed by atoms with Gasteiger partial charge in [0.2, 0.25) is 70.9 Å². The van der Waals surface area contributed by atoms with Gasteiger partial charge in [-0.25, -0.2) is 0 Å². The standard InChI is InChI=1S/C71H106ClF3N12O12/c1-17-44(7)60-69(98)80(12)46(9)64(93)87-36-33-53(87)67(96)82(14)55(39-48-27-25-43(6)26-28-48)68(97)85(19-3)41-57(88)77-51(32-30-47-29-31-49(50(72)38-47)71(73,74)75)65(94)86-35-22-23-52(86)62(91)76-34-21-20-24-58(89)84(16)61(45(8)18-2)70(99)83(15)56(66(95)79(10)11)40-59(90)81(13)54(37-42(4)5)63(92)78-60/h25-29,31,38,42,44-46,51-56,60-61H,17-24,30,32-37,39-41H2,1-16H3,(H,76,91)(H,77,88)(H,78,92)/t44-,45-,46-,51-,52-,53-,54-,55-,56-,60-,61-/m0/s1. The summed E-state index contributed by atoms with van der Waals surface area (Å²) in [5.74, 6) is -8.59. The molecule has 12 amide bonds. The van der Waals surface area contributed by atoms with Crippen LogP contribution >= 0.6 is 11.6 Å². The first-order valence-corrected chi connectivity index (χ1v) is 35.0. The van der Waals surface area contributed by atoms with Gasteiger partial charge in [-0.1, -0.05) is 102 Å². The monoisotopic (exact) mass is 1410 g/mol. The van der Waals surface area contributed by atoms with Gasteiger partial charge in [0.15, 0.2) is 0 Å². The van der Waals surface area contributed by atoms with E-state index in [1.165, 1.54) is 102 Å². The number of halogens is 4. The topological polar surface area (TPSA) is 270 Å². The van der Waals surface area contributed by atoms with E-state index in [0.717, 1.165) is 22.6 Å². The minimum Gasteiger partial charge on any atom is -0.354 e. The van der Waals surface area contributed by atoms with Gasteiger partial charge in [0.1, 0.15) is 54.4 Å². The van der Waals surface area contributed by atoms with Crippen LogP contribution in [0.1, 0.15) is 148 Å². The highest BCUT2D eigenvalue weighted by atomic mass is 35.5. The van der Waals surface area contributed by atoms with E-state index < -0.39 is 167 Å². The zero-order valence-electron chi connectivity index (χ0n) is 60.6. The van der Waals surface area contributed by atoms with Gasteiger partial charge in [0.05, 0.1) is 23.6 Å². The maximum absolute atomic E-state index is 15.1. The lowest BCUT2D eigenvalue weighted by Crippen LogP contribution is -2.65. The maximum atomic E-state index is 15.1. The van der Waals surface area contributed by atoms with Crippen LogP contribution in [0.15, 0.2) is 42.5 Å². The summed E-state index contributed by atoms with van der Waals surface area (Å²) in [7, 11) is 10.1. The molecule has 0 bridgehead atoms. The highest BCUT2D eigenvalue weighted by Gasteiger charge is 2.47. The smallest absolute Gasteiger partial charge is 0.354 e. The first-order valence-electron chi connectivity index (χ1n) is 34.6. The molecule has 0 radical (unpaired) electrons. The van der Waals surface area contributed by atoms with Gasteiger partial charge in [-0.15, -0.1) is 0 Å². The number of fused-ring (bicyclic) bond motifs is 2. The van der Waals surface area contributed by atoms with E-state index in [4.69, 9.17) is 11.6 Å². The van der Waals surface area contributed by atoms with Gasteiger partial charge in [0, 0.05) is 88.4 Å². The third-order valence-corrected chi connectivity index (χ3v) is 20.3. The number of carbonyl (C=O) groups excluding carboxylic acids is 12. The first kappa shape index (κ1) is 81.8. The van der Waals surface area contributed by atoms with E-state index in [9.17, 15) is 65.9 Å². The van der Waals surface area contributed by atoms with Crippen LogP contribution < -0.4 is 16.0 Å². The molecular formula is C71H106ClF3N12O12. The zero-order chi connectivity index (χ0) is 74.2. The summed E-state index contributed by atoms with van der Waals surface area (Å²) in [5.41, 5.74) is 0.827. The molecule has 3 aliphatic heterocycles. The molecule has 3 saturated heterocycles. The van der Waals surface area contributed by atoms with Crippen molar-refractivity contribution >= 4 is 82.5 Å². The number of rotatable bonds is 13. The molecule has 24 nitrogen and oxygen atoms in total. The van der Waals surface area contributed by atoms with Gasteiger partial charge < -0.3 is 60.0 Å². The van der Waals surface area contributed by atoms with Crippen molar-refractivity contribution in [2.45, 2.75) is 206 Å². The molecule has 3 N–H and O–H groups in total. The fourth-order valence-corrected chi connectivity index (χ4v) is 13.2. The number of likely N-dealkylation sites (N-methyl/N-ethyl adjacent to an activating group) is 7. The lowest BCUT2D eigenvalue weighted by atomic mass is 9.94. The third-order valence-electron chi connectivity index (χ3n) is 20.0. The summed E-state index contributed by atoms with van der Waals surface area (Å²) < 4.78 is 41.3. The molecule has 11 atom stereocenters. The van der Waals surface area contributed by atoms with Crippen LogP contribution in [-0.2, 0) is 76.6 Å². The van der Waals surface area contributed by atoms with Crippen LogP contribution in [0.3, 0.4) is 0 Å². The predicted octanol–water partition coefficient (Wildman–Crippen LogP) is 5.32. The minimum atomic E-state index is -4.75. The van der Waals surface area contributed by atoms with E-state index >= 15 is 4.79 Å². The average molecular weight is 1410 g/mol. The van der Waals surface area contributed by atoms with Crippen LogP contribution in [0.5, 0.6) is 0 Å². The molecule has 550 valence electrons. The zero-order valence-corrected chi connectivity index (χ0v) is 61.4. The minimum absolute atomic E-state index is 0.0308. The highest BCUT2D eigenvalue weighted by molar-refractivity contribution is 6.31. The van der Waals surface area contributed by atoms with Crippen molar-refractivity contribution in [3.05, 3.63) is 69.7 Å². The molecule has 28 heteroatoms. The second-order valence-corrected chi connectivity index (χ2v) is 28.0. The second kappa shape index (κ2) is 36.5. The van der Waals surface area contributed by atoms with Crippen molar-refractivity contribution in [1.82, 2.24) is 60.0 Å². The van der Waals surface area contributed by atoms with Crippen LogP contribution in [0.25, 0.3) is 0 Å². The van der Waals surface area contributed by atoms with Crippen molar-refractivity contribution in [3.63, 3.8) is 0 Å². The molecule has 0 saturated carbocycles. The molecule has 0 unspecified atom stereocenters. The second-order valence-electron chi connectivity index (χ2n) is 27.6. The number of hydrogen-bond acceptors (Lipinski definition) is 12. The van der Waals surface area contributed by atoms with Crippen LogP contribution in [0.2, 0.25) is 5.02 Å². The Balaban J connectivity index is 1.56. The number of aryl methyl sites for hydroxylation is 2. The van der Waals surface area contributed by atoms with Crippen molar-refractivity contribution in [2.75, 3.05) is 82.1 Å². The van der Waals surface area contributed by atoms with Gasteiger partial charge >= 0.3 is 6.18 Å². The summed E-state index contributed by atoms with van der Waals surface area (Å²) >= 11 is 6.11. The Morgan fingerprint density at radius 3 is 1.85 bits per heavy atom. The van der Waals surface area contributed by atoms with Crippen LogP contribution in [0.4, 0.5) is 13.2 Å². The molecule has 3 heterocycles. The van der Waals surface area contributed by atoms with Crippen molar-refractivity contribution in [3.8, 4) is 0 Å². The maximum Gasteiger partial charge on any atom is 0.417 e. The number of alkyl halides is 3. The quantitative estimate of drug-likeness (QED) is 0.230. The molecule has 2 aromatic rings. The molecule has 99 heavy (non-hydrogen) atoms. The highest BCUT2D eigenvalue weighted by Crippen LogP contribution is 2.36. The summed E-state index contributed by atoms with van der Waals surface area (Å²) in [6.45, 7) is 15.5. The van der Waals surface area contributed by atoms with Crippen molar-refractivity contribution in [1.29, 1.82) is 0 Å². The Kier molecular flexibility index (Phi) is 30.2. The fraction of sp³-hybridized carbons (Fsp3) is 0.662. The van der Waals surface area contributed by atoms with Crippen LogP contribution in [0, 0.1) is 24.7 Å². The first-order chi connectivity index (χ1) is 46.4. The molecule has 3 aliphatic rings. The van der Waals surface area contributed by atoms with Gasteiger partial charge in [-0.2, -0.15) is 13.2 Å². The number of amides is 12. The molecule has 0 aromatic heterocycles. The summed E-state index contributed by atoms with van der Waals surface area (Å²) in [6, 6.07) is -0.393. The SMILES string of the molecule is CC[C@H](C)[C@@H]1NC(=O)[C@H](CC(C)C)N(C)C(=O)C[C@@H](C(=O)N(C)C)N(C)C(=O)[C@H]([C@@H](C)CC)N(C)C(=O)CCCCNC(=O)[C@@H]2CCCN2C(=O)[C@H](CCc2ccc(C(F)(F)F)c(Cl)c2)NC(=O)CN(CC)C(=O)[C@H](Cc2ccc(C)cc2)N(C)C(=O)[C@@H]2CCN2C(=O)[C@H](C)N(C)C1=O. The molecule has 2 aromatic carbocycles. The number of nitrogens with one attached hydrogen (secondary N) is 3. The number of hydrogen-bond donors (Lipinski definition) is 3. The summed E-state index contributed by atoms with van der Waals surface area (Å²) in [6.07, 6.45) is -3.31. The third kappa shape index (κ3) is 20.9.